The van der Waals surface area contributed by atoms with E-state index in [9.17, 15) is 9.50 Å². The second kappa shape index (κ2) is 6.87. The van der Waals surface area contributed by atoms with Crippen LogP contribution < -0.4 is 4.74 Å². The van der Waals surface area contributed by atoms with E-state index in [2.05, 4.69) is 11.9 Å². The molecule has 0 spiro atoms. The number of nitrogens with zero attached hydrogens (tertiary/aromatic N) is 1. The van der Waals surface area contributed by atoms with Crippen molar-refractivity contribution in [1.82, 2.24) is 4.90 Å². The Morgan fingerprint density at radius 1 is 1.42 bits per heavy atom. The summed E-state index contributed by atoms with van der Waals surface area (Å²) in [5.74, 6) is 0.241. The molecule has 1 heterocycles. The molecule has 0 aliphatic carbocycles. The third kappa shape index (κ3) is 3.91. The van der Waals surface area contributed by atoms with Crippen LogP contribution in [0.2, 0.25) is 0 Å². The van der Waals surface area contributed by atoms with Crippen molar-refractivity contribution < 1.29 is 14.2 Å². The SMILES string of the molecule is CN1CCCCC1CCOc1ccc(F)cc1CO. The fourth-order valence-corrected chi connectivity index (χ4v) is 2.63. The van der Waals surface area contributed by atoms with Crippen molar-refractivity contribution in [3.63, 3.8) is 0 Å². The summed E-state index contributed by atoms with van der Waals surface area (Å²) in [6.45, 7) is 1.56. The van der Waals surface area contributed by atoms with Gasteiger partial charge in [-0.15, -0.1) is 0 Å². The number of piperidine rings is 1. The summed E-state index contributed by atoms with van der Waals surface area (Å²) < 4.78 is 18.7. The molecule has 1 unspecified atom stereocenters. The number of halogens is 1. The minimum absolute atomic E-state index is 0.198. The van der Waals surface area contributed by atoms with Crippen LogP contribution in [0.1, 0.15) is 31.2 Å². The lowest BCUT2D eigenvalue weighted by Crippen LogP contribution is -2.37. The molecule has 1 saturated heterocycles. The first-order chi connectivity index (χ1) is 9.20. The van der Waals surface area contributed by atoms with Gasteiger partial charge in [0.1, 0.15) is 11.6 Å². The fourth-order valence-electron chi connectivity index (χ4n) is 2.63. The molecule has 106 valence electrons. The van der Waals surface area contributed by atoms with Crippen LogP contribution in [0.25, 0.3) is 0 Å². The lowest BCUT2D eigenvalue weighted by atomic mass is 10.0. The lowest BCUT2D eigenvalue weighted by Gasteiger charge is -2.32. The van der Waals surface area contributed by atoms with E-state index in [1.807, 2.05) is 0 Å². The molecule has 1 aromatic rings. The minimum atomic E-state index is -0.344. The Morgan fingerprint density at radius 3 is 3.00 bits per heavy atom. The van der Waals surface area contributed by atoms with Gasteiger partial charge in [0.25, 0.3) is 0 Å². The highest BCUT2D eigenvalue weighted by atomic mass is 19.1. The second-order valence-corrected chi connectivity index (χ2v) is 5.18. The molecule has 1 fully saturated rings. The average Bonchev–Trinajstić information content (AvgIpc) is 2.42. The smallest absolute Gasteiger partial charge is 0.125 e. The molecule has 0 radical (unpaired) electrons. The summed E-state index contributed by atoms with van der Waals surface area (Å²) in [5.41, 5.74) is 0.511. The van der Waals surface area contributed by atoms with Gasteiger partial charge in [-0.05, 0) is 51.1 Å². The van der Waals surface area contributed by atoms with Crippen LogP contribution in [0.5, 0.6) is 5.75 Å². The van der Waals surface area contributed by atoms with Crippen molar-refractivity contribution in [3.05, 3.63) is 29.6 Å². The normalized spacial score (nSPS) is 20.5. The summed E-state index contributed by atoms with van der Waals surface area (Å²) in [5, 5.41) is 9.18. The topological polar surface area (TPSA) is 32.7 Å². The zero-order valence-corrected chi connectivity index (χ0v) is 11.4. The fraction of sp³-hybridized carbons (Fsp3) is 0.600. The first-order valence-corrected chi connectivity index (χ1v) is 6.93. The Labute approximate surface area is 114 Å². The molecule has 19 heavy (non-hydrogen) atoms. The highest BCUT2D eigenvalue weighted by molar-refractivity contribution is 5.33. The van der Waals surface area contributed by atoms with E-state index in [0.29, 0.717) is 24.0 Å². The molecule has 1 aliphatic heterocycles. The van der Waals surface area contributed by atoms with Crippen molar-refractivity contribution in [3.8, 4) is 5.75 Å². The molecule has 1 aromatic carbocycles. The zero-order valence-electron chi connectivity index (χ0n) is 11.4. The number of likely N-dealkylation sites (tertiary alicyclic amines) is 1. The van der Waals surface area contributed by atoms with E-state index in [1.54, 1.807) is 6.07 Å². The van der Waals surface area contributed by atoms with Gasteiger partial charge in [0, 0.05) is 11.6 Å². The molecule has 4 heteroatoms. The predicted molar refractivity (Wildman–Crippen MR) is 72.7 cm³/mol. The predicted octanol–water partition coefficient (Wildman–Crippen LogP) is 2.57. The van der Waals surface area contributed by atoms with Crippen LogP contribution in [0, 0.1) is 5.82 Å². The third-order valence-corrected chi connectivity index (χ3v) is 3.82. The van der Waals surface area contributed by atoms with Gasteiger partial charge in [0.2, 0.25) is 0 Å². The summed E-state index contributed by atoms with van der Waals surface area (Å²) in [6, 6.07) is 4.85. The molecule has 2 rings (SSSR count). The zero-order chi connectivity index (χ0) is 13.7. The Morgan fingerprint density at radius 2 is 2.26 bits per heavy atom. The molecule has 3 nitrogen and oxygen atoms in total. The van der Waals surface area contributed by atoms with Crippen LogP contribution >= 0.6 is 0 Å². The van der Waals surface area contributed by atoms with Crippen LogP contribution in [-0.4, -0.2) is 36.2 Å². The molecule has 0 amide bonds. The number of rotatable bonds is 5. The van der Waals surface area contributed by atoms with Gasteiger partial charge in [-0.3, -0.25) is 0 Å². The summed E-state index contributed by atoms with van der Waals surface area (Å²) in [6.07, 6.45) is 4.75. The molecule has 1 N–H and O–H groups in total. The van der Waals surface area contributed by atoms with E-state index in [4.69, 9.17) is 4.74 Å². The maximum atomic E-state index is 13.0. The Hall–Kier alpha value is -1.13. The monoisotopic (exact) mass is 267 g/mol. The number of ether oxygens (including phenoxy) is 1. The summed E-state index contributed by atoms with van der Waals surface area (Å²) in [7, 11) is 2.15. The molecule has 1 aliphatic rings. The molecule has 0 saturated carbocycles. The number of hydrogen-bond donors (Lipinski definition) is 1. The van der Waals surface area contributed by atoms with E-state index >= 15 is 0 Å². The molecule has 0 aromatic heterocycles. The van der Waals surface area contributed by atoms with Gasteiger partial charge in [-0.25, -0.2) is 4.39 Å². The highest BCUT2D eigenvalue weighted by Gasteiger charge is 2.18. The molecular weight excluding hydrogens is 245 g/mol. The van der Waals surface area contributed by atoms with Crippen molar-refractivity contribution in [2.75, 3.05) is 20.2 Å². The van der Waals surface area contributed by atoms with Crippen molar-refractivity contribution in [2.24, 2.45) is 0 Å². The third-order valence-electron chi connectivity index (χ3n) is 3.82. The van der Waals surface area contributed by atoms with Crippen LogP contribution in [-0.2, 0) is 6.61 Å². The lowest BCUT2D eigenvalue weighted by molar-refractivity contribution is 0.152. The van der Waals surface area contributed by atoms with Crippen molar-refractivity contribution >= 4 is 0 Å². The first-order valence-electron chi connectivity index (χ1n) is 6.93. The van der Waals surface area contributed by atoms with Gasteiger partial charge in [0.05, 0.1) is 13.2 Å². The van der Waals surface area contributed by atoms with E-state index in [-0.39, 0.29) is 12.4 Å². The first kappa shape index (κ1) is 14.3. The van der Waals surface area contributed by atoms with E-state index in [0.717, 1.165) is 13.0 Å². The van der Waals surface area contributed by atoms with Crippen molar-refractivity contribution in [1.29, 1.82) is 0 Å². The highest BCUT2D eigenvalue weighted by Crippen LogP contribution is 2.22. The Bertz CT molecular complexity index is 411. The number of benzene rings is 1. The molecular formula is C15H22FNO2. The van der Waals surface area contributed by atoms with Crippen molar-refractivity contribution in [2.45, 2.75) is 38.3 Å². The number of aliphatic hydroxyl groups is 1. The second-order valence-electron chi connectivity index (χ2n) is 5.18. The molecule has 0 bridgehead atoms. The maximum absolute atomic E-state index is 13.0. The quantitative estimate of drug-likeness (QED) is 0.890. The Balaban J connectivity index is 1.85. The molecule has 1 atom stereocenters. The Kier molecular flexibility index (Phi) is 5.16. The number of aliphatic hydroxyl groups excluding tert-OH is 1. The largest absolute Gasteiger partial charge is 0.493 e. The van der Waals surface area contributed by atoms with Crippen LogP contribution in [0.4, 0.5) is 4.39 Å². The van der Waals surface area contributed by atoms with Gasteiger partial charge in [0.15, 0.2) is 0 Å². The van der Waals surface area contributed by atoms with Gasteiger partial charge >= 0.3 is 0 Å². The van der Waals surface area contributed by atoms with E-state index < -0.39 is 0 Å². The average molecular weight is 267 g/mol. The van der Waals surface area contributed by atoms with Gasteiger partial charge < -0.3 is 14.7 Å². The standard InChI is InChI=1S/C15H22FNO2/c1-17-8-3-2-4-14(17)7-9-19-15-6-5-13(16)10-12(15)11-18/h5-6,10,14,18H,2-4,7-9,11H2,1H3. The van der Waals surface area contributed by atoms with Crippen LogP contribution in [0.3, 0.4) is 0 Å². The number of hydrogen-bond acceptors (Lipinski definition) is 3. The summed E-state index contributed by atoms with van der Waals surface area (Å²) in [4.78, 5) is 2.38. The summed E-state index contributed by atoms with van der Waals surface area (Å²) >= 11 is 0. The maximum Gasteiger partial charge on any atom is 0.125 e. The minimum Gasteiger partial charge on any atom is -0.493 e. The van der Waals surface area contributed by atoms with Gasteiger partial charge in [-0.2, -0.15) is 0 Å². The van der Waals surface area contributed by atoms with Gasteiger partial charge in [-0.1, -0.05) is 6.42 Å². The van der Waals surface area contributed by atoms with E-state index in [1.165, 1.54) is 31.4 Å². The van der Waals surface area contributed by atoms with Crippen LogP contribution in [0.15, 0.2) is 18.2 Å².